The standard InChI is InChI=1S/C30H45N5O8/c1-3-4-10-33(11-6-5-9-31)26(38)17-34-16-22(20-14-21(18-36)28-24(15-20)42-19-43-28)27(29(39)40)23(34)7-13-35-25(37)8-12-32(2)30(35)41/h14-15,22-23,27,36H,3-13,16-19,31H2,1-2H3,(H,39,40)/t22-,23+,27-/m1/s1. The summed E-state index contributed by atoms with van der Waals surface area (Å²) in [6.45, 7) is 4.15. The van der Waals surface area contributed by atoms with E-state index in [0.29, 0.717) is 48.8 Å². The normalized spacial score (nSPS) is 22.0. The van der Waals surface area contributed by atoms with Gasteiger partial charge in [0.05, 0.1) is 19.1 Å². The lowest BCUT2D eigenvalue weighted by atomic mass is 9.83. The van der Waals surface area contributed by atoms with Crippen LogP contribution in [0.2, 0.25) is 0 Å². The molecule has 0 saturated carbocycles. The number of aliphatic hydroxyl groups excluding tert-OH is 1. The number of likely N-dealkylation sites (tertiary alicyclic amines) is 1. The van der Waals surface area contributed by atoms with E-state index in [1.165, 1.54) is 9.80 Å². The average molecular weight is 604 g/mol. The van der Waals surface area contributed by atoms with Gasteiger partial charge in [0, 0.05) is 63.7 Å². The lowest BCUT2D eigenvalue weighted by Gasteiger charge is -2.34. The molecule has 2 fully saturated rings. The minimum atomic E-state index is -1.03. The fourth-order valence-corrected chi connectivity index (χ4v) is 6.35. The summed E-state index contributed by atoms with van der Waals surface area (Å²) in [6, 6.07) is 2.45. The molecule has 0 unspecified atom stereocenters. The monoisotopic (exact) mass is 603 g/mol. The predicted octanol–water partition coefficient (Wildman–Crippen LogP) is 1.42. The van der Waals surface area contributed by atoms with Crippen LogP contribution in [0, 0.1) is 5.92 Å². The van der Waals surface area contributed by atoms with Gasteiger partial charge in [-0.3, -0.25) is 24.2 Å². The molecular formula is C30H45N5O8. The van der Waals surface area contributed by atoms with E-state index in [2.05, 4.69) is 6.92 Å². The minimum Gasteiger partial charge on any atom is -0.481 e. The van der Waals surface area contributed by atoms with Crippen molar-refractivity contribution in [3.05, 3.63) is 23.3 Å². The van der Waals surface area contributed by atoms with Gasteiger partial charge in [-0.25, -0.2) is 4.79 Å². The van der Waals surface area contributed by atoms with Crippen LogP contribution in [0.1, 0.15) is 62.5 Å². The third-order valence-electron chi connectivity index (χ3n) is 8.73. The molecule has 0 spiro atoms. The van der Waals surface area contributed by atoms with E-state index >= 15 is 0 Å². The maximum absolute atomic E-state index is 13.7. The molecule has 0 aromatic heterocycles. The molecule has 2 saturated heterocycles. The Morgan fingerprint density at radius 2 is 1.91 bits per heavy atom. The molecule has 0 bridgehead atoms. The molecule has 3 aliphatic heterocycles. The summed E-state index contributed by atoms with van der Waals surface area (Å²) in [7, 11) is 1.63. The summed E-state index contributed by atoms with van der Waals surface area (Å²) in [5, 5.41) is 20.5. The number of hydrogen-bond donors (Lipinski definition) is 3. The third-order valence-corrected chi connectivity index (χ3v) is 8.73. The van der Waals surface area contributed by atoms with Crippen molar-refractivity contribution in [3.8, 4) is 11.5 Å². The summed E-state index contributed by atoms with van der Waals surface area (Å²) in [5.74, 6) is -2.01. The maximum atomic E-state index is 13.7. The Morgan fingerprint density at radius 1 is 1.14 bits per heavy atom. The SMILES string of the molecule is CCCCN(CCCCN)C(=O)CN1C[C@H](c2cc(CO)c3c(c2)OCO3)[C@@H](C(=O)O)[C@@H]1CCN1C(=O)CCN(C)C1=O. The fraction of sp³-hybridized carbons (Fsp3) is 0.667. The van der Waals surface area contributed by atoms with E-state index in [-0.39, 0.29) is 57.7 Å². The van der Waals surface area contributed by atoms with Crippen molar-refractivity contribution in [2.24, 2.45) is 11.7 Å². The van der Waals surface area contributed by atoms with Gasteiger partial charge in [0.2, 0.25) is 18.6 Å². The highest BCUT2D eigenvalue weighted by molar-refractivity contribution is 5.96. The zero-order valence-electron chi connectivity index (χ0n) is 25.2. The Hall–Kier alpha value is -3.42. The number of aliphatic hydroxyl groups is 1. The number of urea groups is 1. The molecule has 238 valence electrons. The number of benzene rings is 1. The number of hydrogen-bond acceptors (Lipinski definition) is 9. The van der Waals surface area contributed by atoms with Crippen molar-refractivity contribution in [2.45, 2.75) is 64.0 Å². The van der Waals surface area contributed by atoms with Crippen LogP contribution in [0.25, 0.3) is 0 Å². The summed E-state index contributed by atoms with van der Waals surface area (Å²) >= 11 is 0. The number of fused-ring (bicyclic) bond motifs is 1. The first-order chi connectivity index (χ1) is 20.7. The van der Waals surface area contributed by atoms with Crippen molar-refractivity contribution < 1.29 is 38.9 Å². The molecule has 3 aliphatic rings. The van der Waals surface area contributed by atoms with Gasteiger partial charge >= 0.3 is 12.0 Å². The summed E-state index contributed by atoms with van der Waals surface area (Å²) in [5.41, 5.74) is 6.84. The quantitative estimate of drug-likeness (QED) is 0.250. The molecular weight excluding hydrogens is 558 g/mol. The number of carboxylic acids is 1. The molecule has 13 heteroatoms. The number of carbonyl (C=O) groups excluding carboxylic acids is 3. The molecule has 4 amide bonds. The summed E-state index contributed by atoms with van der Waals surface area (Å²) in [6.07, 6.45) is 3.77. The van der Waals surface area contributed by atoms with Crippen LogP contribution >= 0.6 is 0 Å². The molecule has 43 heavy (non-hydrogen) atoms. The number of carbonyl (C=O) groups is 4. The van der Waals surface area contributed by atoms with Crippen molar-refractivity contribution >= 4 is 23.8 Å². The van der Waals surface area contributed by atoms with Gasteiger partial charge in [0.15, 0.2) is 11.5 Å². The highest BCUT2D eigenvalue weighted by Crippen LogP contribution is 2.44. The molecule has 1 aromatic rings. The molecule has 4 rings (SSSR count). The number of nitrogens with zero attached hydrogens (tertiary/aromatic N) is 4. The van der Waals surface area contributed by atoms with E-state index in [1.54, 1.807) is 19.2 Å². The summed E-state index contributed by atoms with van der Waals surface area (Å²) in [4.78, 5) is 58.4. The van der Waals surface area contributed by atoms with Gasteiger partial charge in [-0.15, -0.1) is 0 Å². The van der Waals surface area contributed by atoms with E-state index in [0.717, 1.165) is 25.7 Å². The Kier molecular flexibility index (Phi) is 11.2. The van der Waals surface area contributed by atoms with Crippen molar-refractivity contribution in [1.82, 2.24) is 19.6 Å². The number of amides is 4. The van der Waals surface area contributed by atoms with Crippen molar-refractivity contribution in [1.29, 1.82) is 0 Å². The van der Waals surface area contributed by atoms with E-state index in [9.17, 15) is 29.4 Å². The van der Waals surface area contributed by atoms with Crippen LogP contribution in [-0.4, -0.2) is 119 Å². The minimum absolute atomic E-state index is 0.00610. The van der Waals surface area contributed by atoms with Crippen LogP contribution in [0.3, 0.4) is 0 Å². The number of unbranched alkanes of at least 4 members (excludes halogenated alkanes) is 2. The average Bonchev–Trinajstić information content (AvgIpc) is 3.61. The van der Waals surface area contributed by atoms with E-state index < -0.39 is 29.9 Å². The van der Waals surface area contributed by atoms with Crippen LogP contribution in [0.5, 0.6) is 11.5 Å². The van der Waals surface area contributed by atoms with Gasteiger partial charge in [-0.05, 0) is 49.9 Å². The molecule has 13 nitrogen and oxygen atoms in total. The number of nitrogens with two attached hydrogens (primary N) is 1. The lowest BCUT2D eigenvalue weighted by Crippen LogP contribution is -2.52. The van der Waals surface area contributed by atoms with Gasteiger partial charge < -0.3 is 35.2 Å². The number of imide groups is 1. The maximum Gasteiger partial charge on any atom is 0.326 e. The Bertz CT molecular complexity index is 1180. The zero-order chi connectivity index (χ0) is 31.1. The van der Waals surface area contributed by atoms with Crippen LogP contribution in [0.15, 0.2) is 12.1 Å². The lowest BCUT2D eigenvalue weighted by molar-refractivity contribution is -0.144. The Labute approximate surface area is 252 Å². The van der Waals surface area contributed by atoms with Crippen LogP contribution in [-0.2, 0) is 21.0 Å². The highest BCUT2D eigenvalue weighted by Gasteiger charge is 2.48. The van der Waals surface area contributed by atoms with Gasteiger partial charge in [-0.2, -0.15) is 0 Å². The molecule has 1 aromatic carbocycles. The van der Waals surface area contributed by atoms with Gasteiger partial charge in [-0.1, -0.05) is 13.3 Å². The topological polar surface area (TPSA) is 166 Å². The molecule has 0 radical (unpaired) electrons. The molecule has 4 N–H and O–H groups in total. The smallest absolute Gasteiger partial charge is 0.326 e. The first kappa shape index (κ1) is 32.5. The van der Waals surface area contributed by atoms with Crippen LogP contribution in [0.4, 0.5) is 4.79 Å². The second-order valence-corrected chi connectivity index (χ2v) is 11.6. The zero-order valence-corrected chi connectivity index (χ0v) is 25.2. The Morgan fingerprint density at radius 3 is 2.60 bits per heavy atom. The van der Waals surface area contributed by atoms with Gasteiger partial charge in [0.25, 0.3) is 0 Å². The van der Waals surface area contributed by atoms with Gasteiger partial charge in [0.1, 0.15) is 0 Å². The molecule has 3 atom stereocenters. The van der Waals surface area contributed by atoms with E-state index in [4.69, 9.17) is 15.2 Å². The third kappa shape index (κ3) is 7.39. The highest BCUT2D eigenvalue weighted by atomic mass is 16.7. The second kappa shape index (κ2) is 14.8. The van der Waals surface area contributed by atoms with Crippen LogP contribution < -0.4 is 15.2 Å². The second-order valence-electron chi connectivity index (χ2n) is 11.6. The number of aliphatic carboxylic acids is 1. The molecule has 0 aliphatic carbocycles. The first-order valence-electron chi connectivity index (χ1n) is 15.2. The molecule has 3 heterocycles. The van der Waals surface area contributed by atoms with Crippen molar-refractivity contribution in [3.63, 3.8) is 0 Å². The van der Waals surface area contributed by atoms with Crippen molar-refractivity contribution in [2.75, 3.05) is 59.7 Å². The predicted molar refractivity (Wildman–Crippen MR) is 156 cm³/mol. The Balaban J connectivity index is 1.63. The first-order valence-corrected chi connectivity index (χ1v) is 15.2. The number of carboxylic acid groups (broad SMARTS) is 1. The largest absolute Gasteiger partial charge is 0.481 e. The fourth-order valence-electron chi connectivity index (χ4n) is 6.35. The van der Waals surface area contributed by atoms with E-state index in [1.807, 2.05) is 9.80 Å². The summed E-state index contributed by atoms with van der Waals surface area (Å²) < 4.78 is 11.1. The number of ether oxygens (including phenoxy) is 2. The number of rotatable bonds is 15.